The summed E-state index contributed by atoms with van der Waals surface area (Å²) in [4.78, 5) is 31.8. The van der Waals surface area contributed by atoms with Crippen LogP contribution in [0.4, 0.5) is 5.69 Å². The maximum atomic E-state index is 13.8. The molecule has 1 N–H and O–H groups in total. The van der Waals surface area contributed by atoms with Gasteiger partial charge in [-0.05, 0) is 75.1 Å². The van der Waals surface area contributed by atoms with E-state index in [9.17, 15) is 18.0 Å². The molecule has 0 spiro atoms. The van der Waals surface area contributed by atoms with E-state index in [-0.39, 0.29) is 29.5 Å². The van der Waals surface area contributed by atoms with Crippen LogP contribution in [-0.2, 0) is 25.4 Å². The average Bonchev–Trinajstić information content (AvgIpc) is 3.19. The van der Waals surface area contributed by atoms with Gasteiger partial charge in [0.2, 0.25) is 21.8 Å². The number of rotatable bonds is 10. The predicted octanol–water partition coefficient (Wildman–Crippen LogP) is 4.75. The Balaban J connectivity index is 1.19. The predicted molar refractivity (Wildman–Crippen MR) is 167 cm³/mol. The lowest BCUT2D eigenvalue weighted by Gasteiger charge is -2.39. The van der Waals surface area contributed by atoms with Crippen LogP contribution in [0.5, 0.6) is 0 Å². The molecule has 0 aliphatic carbocycles. The number of likely N-dealkylation sites (tertiary alicyclic amines) is 1. The van der Waals surface area contributed by atoms with Gasteiger partial charge >= 0.3 is 0 Å². The number of hydrogen-bond acceptors (Lipinski definition) is 5. The number of nitrogens with one attached hydrogen (secondary N) is 1. The molecule has 3 aliphatic heterocycles. The van der Waals surface area contributed by atoms with E-state index in [0.717, 1.165) is 55.5 Å². The van der Waals surface area contributed by atoms with Gasteiger partial charge in [-0.3, -0.25) is 14.5 Å². The van der Waals surface area contributed by atoms with Crippen LogP contribution >= 0.6 is 11.6 Å². The second-order valence-corrected chi connectivity index (χ2v) is 14.4. The number of piperidine rings is 2. The highest BCUT2D eigenvalue weighted by atomic mass is 35.5. The maximum absolute atomic E-state index is 13.8. The van der Waals surface area contributed by atoms with E-state index in [1.165, 1.54) is 0 Å². The minimum absolute atomic E-state index is 0.00402. The first kappa shape index (κ1) is 31.0. The van der Waals surface area contributed by atoms with E-state index in [2.05, 4.69) is 9.62 Å². The molecule has 2 aromatic carbocycles. The standard InChI is InChI=1S/C32H43ClN4O4S/c1-23-9-10-30(21-31(23)33)37(32(39)26-13-17-35(18-14-26)24(2)38)16-6-15-36-28-11-12-29(36)20-27(19-28)34-42(40,41)22-25-7-4-3-5-8-25/h3-5,7-10,21,26-29,34H,6,11-20,22H2,1-2H3. The molecule has 2 amide bonds. The fraction of sp³-hybridized carbons (Fsp3) is 0.562. The number of hydrogen-bond donors (Lipinski definition) is 1. The van der Waals surface area contributed by atoms with Crippen molar-refractivity contribution in [3.05, 3.63) is 64.7 Å². The summed E-state index contributed by atoms with van der Waals surface area (Å²) in [5.41, 5.74) is 2.59. The number of nitrogens with zero attached hydrogens (tertiary/aromatic N) is 3. The summed E-state index contributed by atoms with van der Waals surface area (Å²) in [7, 11) is -3.41. The van der Waals surface area contributed by atoms with E-state index >= 15 is 0 Å². The quantitative estimate of drug-likeness (QED) is 0.417. The summed E-state index contributed by atoms with van der Waals surface area (Å²) in [6, 6.07) is 15.8. The number of sulfonamides is 1. The molecule has 10 heteroatoms. The second-order valence-electron chi connectivity index (χ2n) is 12.2. The van der Waals surface area contributed by atoms with Crippen LogP contribution in [0, 0.1) is 12.8 Å². The Bertz CT molecular complexity index is 1350. The molecule has 0 aromatic heterocycles. The Labute approximate surface area is 255 Å². The number of anilines is 1. The summed E-state index contributed by atoms with van der Waals surface area (Å²) in [6.45, 7) is 6.22. The third kappa shape index (κ3) is 7.54. The van der Waals surface area contributed by atoms with Gasteiger partial charge in [-0.25, -0.2) is 13.1 Å². The molecule has 5 rings (SSSR count). The molecular formula is C32H43ClN4O4S. The third-order valence-corrected chi connectivity index (χ3v) is 11.1. The zero-order chi connectivity index (χ0) is 29.9. The van der Waals surface area contributed by atoms with Crippen LogP contribution in [0.2, 0.25) is 5.02 Å². The average molecular weight is 615 g/mol. The monoisotopic (exact) mass is 614 g/mol. The highest BCUT2D eigenvalue weighted by molar-refractivity contribution is 7.88. The lowest BCUT2D eigenvalue weighted by Crippen LogP contribution is -2.51. The van der Waals surface area contributed by atoms with Crippen molar-refractivity contribution in [2.75, 3.05) is 31.1 Å². The number of aryl methyl sites for hydroxylation is 1. The molecule has 42 heavy (non-hydrogen) atoms. The SMILES string of the molecule is CC(=O)N1CCC(C(=O)N(CCCN2C3CCC2CC(NS(=O)(=O)Cc2ccccc2)C3)c2ccc(C)c(Cl)c2)CC1. The maximum Gasteiger partial charge on any atom is 0.230 e. The molecule has 2 bridgehead atoms. The van der Waals surface area contributed by atoms with Crippen LogP contribution in [-0.4, -0.2) is 74.3 Å². The zero-order valence-electron chi connectivity index (χ0n) is 24.7. The highest BCUT2D eigenvalue weighted by Gasteiger charge is 2.41. The van der Waals surface area contributed by atoms with E-state index in [0.29, 0.717) is 49.6 Å². The van der Waals surface area contributed by atoms with Gasteiger partial charge in [-0.2, -0.15) is 0 Å². The summed E-state index contributed by atoms with van der Waals surface area (Å²) >= 11 is 6.47. The third-order valence-electron chi connectivity index (χ3n) is 9.25. The van der Waals surface area contributed by atoms with Crippen LogP contribution in [0.25, 0.3) is 0 Å². The van der Waals surface area contributed by atoms with E-state index in [1.807, 2.05) is 65.3 Å². The molecule has 8 nitrogen and oxygen atoms in total. The fourth-order valence-corrected chi connectivity index (χ4v) is 8.60. The van der Waals surface area contributed by atoms with Gasteiger partial charge in [0, 0.05) is 67.9 Å². The Morgan fingerprint density at radius 2 is 1.67 bits per heavy atom. The van der Waals surface area contributed by atoms with Crippen molar-refractivity contribution in [3.8, 4) is 0 Å². The van der Waals surface area contributed by atoms with Gasteiger partial charge in [-0.15, -0.1) is 0 Å². The Hall–Kier alpha value is -2.46. The fourth-order valence-electron chi connectivity index (χ4n) is 7.01. The van der Waals surface area contributed by atoms with Crippen molar-refractivity contribution in [1.82, 2.24) is 14.5 Å². The lowest BCUT2D eigenvalue weighted by atomic mass is 9.94. The first-order valence-corrected chi connectivity index (χ1v) is 17.3. The van der Waals surface area contributed by atoms with E-state index < -0.39 is 10.0 Å². The van der Waals surface area contributed by atoms with Crippen LogP contribution < -0.4 is 9.62 Å². The van der Waals surface area contributed by atoms with Gasteiger partial charge in [0.15, 0.2) is 0 Å². The van der Waals surface area contributed by atoms with Gasteiger partial charge in [0.05, 0.1) is 5.75 Å². The van der Waals surface area contributed by atoms with Gasteiger partial charge in [-0.1, -0.05) is 48.0 Å². The van der Waals surface area contributed by atoms with Crippen molar-refractivity contribution in [2.45, 2.75) is 82.7 Å². The topological polar surface area (TPSA) is 90.0 Å². The first-order valence-electron chi connectivity index (χ1n) is 15.2. The van der Waals surface area contributed by atoms with Crippen LogP contribution in [0.1, 0.15) is 63.0 Å². The van der Waals surface area contributed by atoms with Crippen molar-refractivity contribution in [3.63, 3.8) is 0 Å². The van der Waals surface area contributed by atoms with Crippen molar-refractivity contribution >= 4 is 39.1 Å². The smallest absolute Gasteiger partial charge is 0.230 e. The largest absolute Gasteiger partial charge is 0.343 e. The highest BCUT2D eigenvalue weighted by Crippen LogP contribution is 2.36. The Morgan fingerprint density at radius 1 is 1.00 bits per heavy atom. The second kappa shape index (κ2) is 13.5. The number of amides is 2. The Morgan fingerprint density at radius 3 is 2.29 bits per heavy atom. The molecule has 2 unspecified atom stereocenters. The Kier molecular flexibility index (Phi) is 9.92. The number of carbonyl (C=O) groups is 2. The molecule has 3 saturated heterocycles. The number of halogens is 1. The van der Waals surface area contributed by atoms with Gasteiger partial charge < -0.3 is 9.80 Å². The molecule has 3 heterocycles. The number of fused-ring (bicyclic) bond motifs is 2. The molecular weight excluding hydrogens is 572 g/mol. The summed E-state index contributed by atoms with van der Waals surface area (Å²) in [5.74, 6) is 0.0546. The molecule has 2 aromatic rings. The molecule has 3 fully saturated rings. The molecule has 3 aliphatic rings. The molecule has 0 saturated carbocycles. The van der Waals surface area contributed by atoms with Crippen LogP contribution in [0.3, 0.4) is 0 Å². The molecule has 228 valence electrons. The van der Waals surface area contributed by atoms with E-state index in [4.69, 9.17) is 11.6 Å². The number of benzene rings is 2. The van der Waals surface area contributed by atoms with Crippen molar-refractivity contribution in [2.24, 2.45) is 5.92 Å². The summed E-state index contributed by atoms with van der Waals surface area (Å²) < 4.78 is 28.7. The molecule has 0 radical (unpaired) electrons. The van der Waals surface area contributed by atoms with Crippen molar-refractivity contribution < 1.29 is 18.0 Å². The van der Waals surface area contributed by atoms with Gasteiger partial charge in [0.1, 0.15) is 0 Å². The zero-order valence-corrected chi connectivity index (χ0v) is 26.2. The summed E-state index contributed by atoms with van der Waals surface area (Å²) in [6.07, 6.45) is 5.95. The minimum atomic E-state index is -3.41. The first-order chi connectivity index (χ1) is 20.1. The molecule has 2 atom stereocenters. The van der Waals surface area contributed by atoms with Crippen LogP contribution in [0.15, 0.2) is 48.5 Å². The van der Waals surface area contributed by atoms with E-state index in [1.54, 1.807) is 6.92 Å². The lowest BCUT2D eigenvalue weighted by molar-refractivity contribution is -0.133. The van der Waals surface area contributed by atoms with Crippen molar-refractivity contribution in [1.29, 1.82) is 0 Å². The summed E-state index contributed by atoms with van der Waals surface area (Å²) in [5, 5.41) is 0.645. The minimum Gasteiger partial charge on any atom is -0.343 e. The van der Waals surface area contributed by atoms with Gasteiger partial charge in [0.25, 0.3) is 0 Å². The number of carbonyl (C=O) groups excluding carboxylic acids is 2. The normalized spacial score (nSPS) is 23.2.